The molecular weight excluding hydrogens is 477 g/mol. The molecule has 3 aromatic rings. The highest BCUT2D eigenvalue weighted by Gasteiger charge is 2.33. The Morgan fingerprint density at radius 1 is 1.06 bits per heavy atom. The molecule has 0 unspecified atom stereocenters. The van der Waals surface area contributed by atoms with Gasteiger partial charge in [-0.05, 0) is 29.5 Å². The third-order valence-electron chi connectivity index (χ3n) is 5.30. The zero-order chi connectivity index (χ0) is 25.6. The van der Waals surface area contributed by atoms with Crippen LogP contribution in [0.5, 0.6) is 0 Å². The Bertz CT molecular complexity index is 1140. The van der Waals surface area contributed by atoms with Gasteiger partial charge in [-0.15, -0.1) is 10.2 Å². The van der Waals surface area contributed by atoms with Gasteiger partial charge in [0, 0.05) is 25.8 Å². The first kappa shape index (κ1) is 26.7. The summed E-state index contributed by atoms with van der Waals surface area (Å²) in [7, 11) is 1.62. The molecule has 0 fully saturated rings. The lowest BCUT2D eigenvalue weighted by atomic mass is 9.87. The number of halogens is 3. The van der Waals surface area contributed by atoms with Crippen molar-refractivity contribution < 1.29 is 22.7 Å². The van der Waals surface area contributed by atoms with Gasteiger partial charge in [0.1, 0.15) is 0 Å². The van der Waals surface area contributed by atoms with Crippen LogP contribution in [0.15, 0.2) is 53.7 Å². The number of benzene rings is 2. The molecule has 0 aliphatic rings. The summed E-state index contributed by atoms with van der Waals surface area (Å²) >= 11 is 1.12. The molecule has 0 atom stereocenters. The largest absolute Gasteiger partial charge is 0.418 e. The first-order valence-corrected chi connectivity index (χ1v) is 12.1. The molecule has 0 radical (unpaired) electrons. The summed E-state index contributed by atoms with van der Waals surface area (Å²) < 4.78 is 46.7. The van der Waals surface area contributed by atoms with Gasteiger partial charge >= 0.3 is 6.18 Å². The van der Waals surface area contributed by atoms with Crippen molar-refractivity contribution >= 4 is 23.4 Å². The quantitative estimate of drug-likeness (QED) is 0.284. The van der Waals surface area contributed by atoms with E-state index in [-0.39, 0.29) is 16.9 Å². The summed E-state index contributed by atoms with van der Waals surface area (Å²) in [5.41, 5.74) is 0.938. The van der Waals surface area contributed by atoms with E-state index < -0.39 is 17.6 Å². The van der Waals surface area contributed by atoms with Gasteiger partial charge < -0.3 is 14.6 Å². The van der Waals surface area contributed by atoms with Gasteiger partial charge in [-0.1, -0.05) is 68.9 Å². The number of thioether (sulfide) groups is 1. The number of rotatable bonds is 9. The van der Waals surface area contributed by atoms with E-state index in [1.165, 1.54) is 23.8 Å². The molecule has 1 N–H and O–H groups in total. The SMILES string of the molecule is COCCCn1c(SCC(=O)Nc2ccccc2C(F)(F)F)nnc1-c1ccc(C(C)(C)C)cc1. The lowest BCUT2D eigenvalue weighted by Crippen LogP contribution is -2.18. The highest BCUT2D eigenvalue weighted by molar-refractivity contribution is 7.99. The van der Waals surface area contributed by atoms with Crippen molar-refractivity contribution in [1.82, 2.24) is 14.8 Å². The van der Waals surface area contributed by atoms with Crippen LogP contribution in [-0.2, 0) is 27.7 Å². The van der Waals surface area contributed by atoms with Crippen LogP contribution in [0.2, 0.25) is 0 Å². The smallest absolute Gasteiger partial charge is 0.385 e. The molecule has 10 heteroatoms. The molecule has 0 aliphatic carbocycles. The number of aromatic nitrogens is 3. The topological polar surface area (TPSA) is 69.0 Å². The molecule has 3 rings (SSSR count). The third-order valence-corrected chi connectivity index (χ3v) is 6.26. The molecule has 1 amide bonds. The Morgan fingerprint density at radius 3 is 2.37 bits per heavy atom. The number of para-hydroxylation sites is 1. The molecule has 1 heterocycles. The number of hydrogen-bond donors (Lipinski definition) is 1. The van der Waals surface area contributed by atoms with E-state index in [1.54, 1.807) is 7.11 Å². The summed E-state index contributed by atoms with van der Waals surface area (Å²) in [5.74, 6) is -0.0153. The van der Waals surface area contributed by atoms with Gasteiger partial charge in [0.15, 0.2) is 11.0 Å². The molecule has 0 spiro atoms. The van der Waals surface area contributed by atoms with Crippen LogP contribution in [-0.4, -0.2) is 40.1 Å². The molecule has 0 bridgehead atoms. The van der Waals surface area contributed by atoms with Gasteiger partial charge in [0.05, 0.1) is 17.0 Å². The van der Waals surface area contributed by atoms with Crippen molar-refractivity contribution in [2.45, 2.75) is 50.5 Å². The first-order chi connectivity index (χ1) is 16.5. The van der Waals surface area contributed by atoms with Crippen LogP contribution in [0.25, 0.3) is 11.4 Å². The second kappa shape index (κ2) is 11.3. The number of amides is 1. The van der Waals surface area contributed by atoms with Crippen molar-refractivity contribution in [3.05, 3.63) is 59.7 Å². The van der Waals surface area contributed by atoms with E-state index >= 15 is 0 Å². The van der Waals surface area contributed by atoms with E-state index in [0.29, 0.717) is 30.6 Å². The second-order valence-electron chi connectivity index (χ2n) is 9.01. The third kappa shape index (κ3) is 7.08. The van der Waals surface area contributed by atoms with Crippen LogP contribution in [0.4, 0.5) is 18.9 Å². The number of anilines is 1. The van der Waals surface area contributed by atoms with Crippen LogP contribution >= 0.6 is 11.8 Å². The maximum absolute atomic E-state index is 13.2. The Morgan fingerprint density at radius 2 is 1.74 bits per heavy atom. The maximum Gasteiger partial charge on any atom is 0.418 e. The zero-order valence-electron chi connectivity index (χ0n) is 20.1. The van der Waals surface area contributed by atoms with Crippen LogP contribution in [0.1, 0.15) is 38.3 Å². The summed E-state index contributed by atoms with van der Waals surface area (Å²) in [6.07, 6.45) is -3.85. The molecule has 1 aromatic heterocycles. The van der Waals surface area contributed by atoms with Crippen LogP contribution in [0, 0.1) is 0 Å². The van der Waals surface area contributed by atoms with Crippen molar-refractivity contribution in [3.63, 3.8) is 0 Å². The average Bonchev–Trinajstić information content (AvgIpc) is 3.20. The minimum Gasteiger partial charge on any atom is -0.385 e. The lowest BCUT2D eigenvalue weighted by molar-refractivity contribution is -0.137. The molecular formula is C25H29F3N4O2S. The Labute approximate surface area is 207 Å². The number of carbonyl (C=O) groups is 1. The van der Waals surface area contributed by atoms with Gasteiger partial charge in [-0.2, -0.15) is 13.2 Å². The maximum atomic E-state index is 13.2. The van der Waals surface area contributed by atoms with Crippen LogP contribution < -0.4 is 5.32 Å². The van der Waals surface area contributed by atoms with Gasteiger partial charge in [0.25, 0.3) is 0 Å². The van der Waals surface area contributed by atoms with E-state index in [9.17, 15) is 18.0 Å². The molecule has 0 aliphatic heterocycles. The first-order valence-electron chi connectivity index (χ1n) is 11.1. The number of carbonyl (C=O) groups excluding carboxylic acids is 1. The molecule has 188 valence electrons. The predicted octanol–water partition coefficient (Wildman–Crippen LogP) is 6.03. The number of alkyl halides is 3. The molecule has 0 saturated heterocycles. The standard InChI is InChI=1S/C25H29F3N4O2S/c1-24(2,3)18-12-10-17(11-13-18)22-30-31-23(32(22)14-7-15-34-4)35-16-21(33)29-20-9-6-5-8-19(20)25(26,27)28/h5-6,8-13H,7,14-16H2,1-4H3,(H,29,33). The number of hydrogen-bond acceptors (Lipinski definition) is 5. The highest BCUT2D eigenvalue weighted by Crippen LogP contribution is 2.35. The van der Waals surface area contributed by atoms with E-state index in [2.05, 4.69) is 48.4 Å². The van der Waals surface area contributed by atoms with E-state index in [0.717, 1.165) is 23.4 Å². The van der Waals surface area contributed by atoms with Crippen molar-refractivity contribution in [3.8, 4) is 11.4 Å². The fourth-order valence-corrected chi connectivity index (χ4v) is 4.22. The fraction of sp³-hybridized carbons (Fsp3) is 0.400. The normalized spacial score (nSPS) is 12.1. The van der Waals surface area contributed by atoms with E-state index in [4.69, 9.17) is 4.74 Å². The molecule has 2 aromatic carbocycles. The Balaban J connectivity index is 1.77. The molecule has 0 saturated carbocycles. The van der Waals surface area contributed by atoms with Crippen LogP contribution in [0.3, 0.4) is 0 Å². The Kier molecular flexibility index (Phi) is 8.60. The zero-order valence-corrected chi connectivity index (χ0v) is 21.0. The Hall–Kier alpha value is -2.85. The summed E-state index contributed by atoms with van der Waals surface area (Å²) in [5, 5.41) is 11.5. The second-order valence-corrected chi connectivity index (χ2v) is 9.95. The highest BCUT2D eigenvalue weighted by atomic mass is 32.2. The average molecular weight is 507 g/mol. The summed E-state index contributed by atoms with van der Waals surface area (Å²) in [6.45, 7) is 7.53. The molecule has 35 heavy (non-hydrogen) atoms. The number of ether oxygens (including phenoxy) is 1. The fourth-order valence-electron chi connectivity index (χ4n) is 3.45. The van der Waals surface area contributed by atoms with Gasteiger partial charge in [-0.3, -0.25) is 4.79 Å². The monoisotopic (exact) mass is 506 g/mol. The van der Waals surface area contributed by atoms with Gasteiger partial charge in [-0.25, -0.2) is 0 Å². The van der Waals surface area contributed by atoms with Crippen molar-refractivity contribution in [1.29, 1.82) is 0 Å². The van der Waals surface area contributed by atoms with E-state index in [1.807, 2.05) is 16.7 Å². The predicted molar refractivity (Wildman–Crippen MR) is 131 cm³/mol. The number of methoxy groups -OCH3 is 1. The summed E-state index contributed by atoms with van der Waals surface area (Å²) in [4.78, 5) is 12.5. The molecule has 6 nitrogen and oxygen atoms in total. The number of nitrogens with one attached hydrogen (secondary N) is 1. The lowest BCUT2D eigenvalue weighted by Gasteiger charge is -2.19. The van der Waals surface area contributed by atoms with Gasteiger partial charge in [0.2, 0.25) is 5.91 Å². The minimum atomic E-state index is -4.56. The van der Waals surface area contributed by atoms with Crippen molar-refractivity contribution in [2.75, 3.05) is 24.8 Å². The van der Waals surface area contributed by atoms with Crippen molar-refractivity contribution in [2.24, 2.45) is 0 Å². The summed E-state index contributed by atoms with van der Waals surface area (Å²) in [6, 6.07) is 13.0. The minimum absolute atomic E-state index is 0.0176. The number of nitrogens with zero attached hydrogens (tertiary/aromatic N) is 3.